The van der Waals surface area contributed by atoms with E-state index < -0.39 is 0 Å². The summed E-state index contributed by atoms with van der Waals surface area (Å²) < 4.78 is 0. The van der Waals surface area contributed by atoms with Crippen LogP contribution in [0, 0.1) is 23.7 Å². The molecule has 0 saturated heterocycles. The molecular weight excluding hydrogens is 262 g/mol. The van der Waals surface area contributed by atoms with Crippen LogP contribution in [0.3, 0.4) is 0 Å². The Morgan fingerprint density at radius 1 is 1.24 bits per heavy atom. The molecule has 3 rings (SSSR count). The van der Waals surface area contributed by atoms with Crippen LogP contribution in [0.15, 0.2) is 35.4 Å². The molecule has 0 aromatic heterocycles. The molecule has 2 fully saturated rings. The van der Waals surface area contributed by atoms with Gasteiger partial charge in [0.2, 0.25) is 0 Å². The number of ketones is 1. The number of rotatable bonds is 3. The van der Waals surface area contributed by atoms with E-state index in [1.807, 2.05) is 30.3 Å². The van der Waals surface area contributed by atoms with Gasteiger partial charge in [-0.2, -0.15) is 0 Å². The molecule has 2 aliphatic carbocycles. The highest BCUT2D eigenvalue weighted by Gasteiger charge is 2.44. The van der Waals surface area contributed by atoms with Crippen LogP contribution in [0.1, 0.15) is 44.2 Å². The number of hydrogen-bond donors (Lipinski definition) is 0. The Balaban J connectivity index is 1.94. The van der Waals surface area contributed by atoms with Crippen molar-refractivity contribution in [2.75, 3.05) is 0 Å². The van der Waals surface area contributed by atoms with Gasteiger partial charge in [0, 0.05) is 17.3 Å². The van der Waals surface area contributed by atoms with E-state index in [9.17, 15) is 4.79 Å². The molecule has 2 unspecified atom stereocenters. The van der Waals surface area contributed by atoms with Gasteiger partial charge < -0.3 is 0 Å². The minimum absolute atomic E-state index is 0.137. The van der Waals surface area contributed by atoms with Gasteiger partial charge in [0.1, 0.15) is 5.78 Å². The van der Waals surface area contributed by atoms with Crippen LogP contribution in [-0.4, -0.2) is 5.78 Å². The van der Waals surface area contributed by atoms with Crippen LogP contribution in [0.25, 0.3) is 10.4 Å². The smallest absolute Gasteiger partial charge is 0.137 e. The van der Waals surface area contributed by atoms with E-state index in [4.69, 9.17) is 5.53 Å². The molecule has 2 saturated carbocycles. The van der Waals surface area contributed by atoms with Gasteiger partial charge in [-0.3, -0.25) is 4.79 Å². The van der Waals surface area contributed by atoms with E-state index in [1.165, 1.54) is 6.42 Å². The van der Waals surface area contributed by atoms with Gasteiger partial charge in [0.05, 0.1) is 6.04 Å². The molecule has 0 N–H and O–H groups in total. The minimum Gasteiger partial charge on any atom is -0.299 e. The molecule has 0 heterocycles. The van der Waals surface area contributed by atoms with E-state index >= 15 is 0 Å². The number of carbonyl (C=O) groups is 1. The van der Waals surface area contributed by atoms with Crippen LogP contribution >= 0.6 is 0 Å². The quantitative estimate of drug-likeness (QED) is 0.451. The third kappa shape index (κ3) is 2.81. The standard InChI is InChI=1S/C17H21N3O/c1-11-7-12-9-14(8-11)16(15(21)10-12)17(19-20-18)13-5-3-2-4-6-13/h2-6,11-12,14,16-17H,7-10H2,1H3/t11-,12?,14?,16+,17+/m0/s1. The minimum atomic E-state index is -0.347. The number of carbonyl (C=O) groups excluding carboxylic acids is 1. The maximum Gasteiger partial charge on any atom is 0.137 e. The average molecular weight is 283 g/mol. The Morgan fingerprint density at radius 3 is 2.71 bits per heavy atom. The van der Waals surface area contributed by atoms with Gasteiger partial charge in [-0.15, -0.1) is 0 Å². The molecule has 5 atom stereocenters. The van der Waals surface area contributed by atoms with Crippen molar-refractivity contribution in [1.82, 2.24) is 0 Å². The number of Topliss-reactive ketones (excluding diaryl/α,β-unsaturated/α-hetero) is 1. The lowest BCUT2D eigenvalue weighted by molar-refractivity contribution is -0.131. The second-order valence-electron chi connectivity index (χ2n) is 6.70. The molecule has 2 aliphatic rings. The Hall–Kier alpha value is -1.80. The fourth-order valence-corrected chi connectivity index (χ4v) is 4.43. The maximum absolute atomic E-state index is 12.6. The van der Waals surface area contributed by atoms with Crippen molar-refractivity contribution in [2.24, 2.45) is 28.8 Å². The first-order valence-electron chi connectivity index (χ1n) is 7.81. The summed E-state index contributed by atoms with van der Waals surface area (Å²) in [6.45, 7) is 2.27. The van der Waals surface area contributed by atoms with Gasteiger partial charge in [0.25, 0.3) is 0 Å². The zero-order valence-electron chi connectivity index (χ0n) is 12.4. The van der Waals surface area contributed by atoms with Crippen LogP contribution < -0.4 is 0 Å². The predicted octanol–water partition coefficient (Wildman–Crippen LogP) is 4.68. The van der Waals surface area contributed by atoms with E-state index in [1.54, 1.807) is 0 Å². The molecule has 2 bridgehead atoms. The molecule has 1 aromatic rings. The topological polar surface area (TPSA) is 65.8 Å². The third-order valence-electron chi connectivity index (χ3n) is 5.10. The van der Waals surface area contributed by atoms with Gasteiger partial charge >= 0.3 is 0 Å². The molecule has 0 aliphatic heterocycles. The predicted molar refractivity (Wildman–Crippen MR) is 81.4 cm³/mol. The number of azide groups is 1. The molecule has 110 valence electrons. The fourth-order valence-electron chi connectivity index (χ4n) is 4.43. The van der Waals surface area contributed by atoms with Crippen molar-refractivity contribution in [2.45, 2.75) is 38.6 Å². The van der Waals surface area contributed by atoms with E-state index in [2.05, 4.69) is 16.9 Å². The summed E-state index contributed by atoms with van der Waals surface area (Å²) >= 11 is 0. The molecule has 0 radical (unpaired) electrons. The Kier molecular flexibility index (Phi) is 3.98. The summed E-state index contributed by atoms with van der Waals surface area (Å²) in [7, 11) is 0. The first kappa shape index (κ1) is 14.2. The summed E-state index contributed by atoms with van der Waals surface area (Å²) in [6.07, 6.45) is 4.03. The van der Waals surface area contributed by atoms with Crippen molar-refractivity contribution in [3.05, 3.63) is 46.3 Å². The SMILES string of the molecule is C[C@H]1CC2CC(=O)[C@H]([C@H](N=[N+]=[N-])c3ccccc3)C(C2)C1. The van der Waals surface area contributed by atoms with E-state index in [0.717, 1.165) is 18.4 Å². The van der Waals surface area contributed by atoms with Crippen LogP contribution in [0.2, 0.25) is 0 Å². The first-order chi connectivity index (χ1) is 10.2. The maximum atomic E-state index is 12.6. The molecular formula is C17H21N3O. The Bertz CT molecular complexity index is 563. The van der Waals surface area contributed by atoms with Crippen LogP contribution in [-0.2, 0) is 4.79 Å². The van der Waals surface area contributed by atoms with Crippen LogP contribution in [0.4, 0.5) is 0 Å². The zero-order valence-corrected chi connectivity index (χ0v) is 12.4. The summed E-state index contributed by atoms with van der Waals surface area (Å²) in [4.78, 5) is 15.6. The summed E-state index contributed by atoms with van der Waals surface area (Å²) in [5.41, 5.74) is 9.90. The summed E-state index contributed by atoms with van der Waals surface area (Å²) in [5, 5.41) is 4.00. The Labute approximate surface area is 125 Å². The van der Waals surface area contributed by atoms with Crippen molar-refractivity contribution >= 4 is 5.78 Å². The third-order valence-corrected chi connectivity index (χ3v) is 5.10. The first-order valence-corrected chi connectivity index (χ1v) is 7.81. The molecule has 0 amide bonds. The summed E-state index contributed by atoms with van der Waals surface area (Å²) in [5.74, 6) is 1.75. The van der Waals surface area contributed by atoms with Gasteiger partial charge in [-0.05, 0) is 48.1 Å². The second kappa shape index (κ2) is 5.90. The highest BCUT2D eigenvalue weighted by atomic mass is 16.1. The van der Waals surface area contributed by atoms with E-state index in [0.29, 0.717) is 30.0 Å². The molecule has 1 aromatic carbocycles. The van der Waals surface area contributed by atoms with E-state index in [-0.39, 0.29) is 12.0 Å². The van der Waals surface area contributed by atoms with Gasteiger partial charge in [-0.25, -0.2) is 0 Å². The Morgan fingerprint density at radius 2 is 2.00 bits per heavy atom. The normalized spacial score (nSPS) is 33.1. The number of benzene rings is 1. The van der Waals surface area contributed by atoms with Crippen molar-refractivity contribution < 1.29 is 4.79 Å². The molecule has 21 heavy (non-hydrogen) atoms. The fraction of sp³-hybridized carbons (Fsp3) is 0.588. The molecule has 0 spiro atoms. The van der Waals surface area contributed by atoms with Crippen LogP contribution in [0.5, 0.6) is 0 Å². The van der Waals surface area contributed by atoms with Crippen molar-refractivity contribution in [1.29, 1.82) is 0 Å². The molecule has 4 nitrogen and oxygen atoms in total. The van der Waals surface area contributed by atoms with Gasteiger partial charge in [0.15, 0.2) is 0 Å². The van der Waals surface area contributed by atoms with Crippen molar-refractivity contribution in [3.63, 3.8) is 0 Å². The number of fused-ring (bicyclic) bond motifs is 2. The lowest BCUT2D eigenvalue weighted by Gasteiger charge is -2.43. The largest absolute Gasteiger partial charge is 0.299 e. The second-order valence-corrected chi connectivity index (χ2v) is 6.70. The lowest BCUT2D eigenvalue weighted by Crippen LogP contribution is -2.40. The summed E-state index contributed by atoms with van der Waals surface area (Å²) in [6, 6.07) is 9.40. The highest BCUT2D eigenvalue weighted by molar-refractivity contribution is 5.83. The highest BCUT2D eigenvalue weighted by Crippen LogP contribution is 2.48. The number of nitrogens with zero attached hydrogens (tertiary/aromatic N) is 3. The zero-order chi connectivity index (χ0) is 14.8. The lowest BCUT2D eigenvalue weighted by atomic mass is 9.61. The number of hydrogen-bond acceptors (Lipinski definition) is 2. The average Bonchev–Trinajstić information content (AvgIpc) is 2.46. The van der Waals surface area contributed by atoms with Crippen molar-refractivity contribution in [3.8, 4) is 0 Å². The molecule has 4 heteroatoms. The van der Waals surface area contributed by atoms with Gasteiger partial charge in [-0.1, -0.05) is 42.4 Å². The monoisotopic (exact) mass is 283 g/mol.